The first-order valence-corrected chi connectivity index (χ1v) is 10.3. The number of sulfonamides is 1. The van der Waals surface area contributed by atoms with Gasteiger partial charge in [0.15, 0.2) is 0 Å². The number of amides is 1. The molecule has 0 spiro atoms. The smallest absolute Gasteiger partial charge is 0.243 e. The Kier molecular flexibility index (Phi) is 5.25. The summed E-state index contributed by atoms with van der Waals surface area (Å²) in [6.45, 7) is 3.04. The van der Waals surface area contributed by atoms with Crippen molar-refractivity contribution in [3.05, 3.63) is 29.8 Å². The van der Waals surface area contributed by atoms with Crippen LogP contribution in [0.3, 0.4) is 0 Å². The van der Waals surface area contributed by atoms with Crippen LogP contribution in [0.25, 0.3) is 0 Å². The van der Waals surface area contributed by atoms with Gasteiger partial charge in [-0.1, -0.05) is 17.7 Å². The highest BCUT2D eigenvalue weighted by Crippen LogP contribution is 2.27. The summed E-state index contributed by atoms with van der Waals surface area (Å²) in [5, 5.41) is 3.00. The zero-order valence-electron chi connectivity index (χ0n) is 14.2. The van der Waals surface area contributed by atoms with E-state index in [4.69, 9.17) is 0 Å². The van der Waals surface area contributed by atoms with Crippen LogP contribution >= 0.6 is 0 Å². The first-order valence-electron chi connectivity index (χ1n) is 8.81. The Balaban J connectivity index is 1.57. The third-order valence-electron chi connectivity index (χ3n) is 4.86. The van der Waals surface area contributed by atoms with Gasteiger partial charge in [-0.15, -0.1) is 0 Å². The molecular formula is C18H26N2O3S. The summed E-state index contributed by atoms with van der Waals surface area (Å²) in [6, 6.07) is 7.41. The quantitative estimate of drug-likeness (QED) is 0.857. The standard InChI is InChI=1S/C18H26N2O3S/c1-14-4-9-17(10-5-14)24(22,23)20-12-2-3-15(13-20)6-11-18(21)19-16-7-8-16/h4-5,9-10,15-16H,2-3,6-8,11-13H2,1H3,(H,19,21). The average Bonchev–Trinajstić information content (AvgIpc) is 3.37. The van der Waals surface area contributed by atoms with E-state index in [0.717, 1.165) is 37.7 Å². The first-order chi connectivity index (χ1) is 11.4. The number of carbonyl (C=O) groups excluding carboxylic acids is 1. The van der Waals surface area contributed by atoms with Crippen molar-refractivity contribution in [2.75, 3.05) is 13.1 Å². The minimum Gasteiger partial charge on any atom is -0.353 e. The van der Waals surface area contributed by atoms with E-state index in [0.29, 0.717) is 30.4 Å². The van der Waals surface area contributed by atoms with Gasteiger partial charge in [0.2, 0.25) is 15.9 Å². The lowest BCUT2D eigenvalue weighted by molar-refractivity contribution is -0.121. The Hall–Kier alpha value is -1.40. The zero-order chi connectivity index (χ0) is 17.2. The van der Waals surface area contributed by atoms with Crippen LogP contribution < -0.4 is 5.32 Å². The lowest BCUT2D eigenvalue weighted by Crippen LogP contribution is -2.40. The second-order valence-electron chi connectivity index (χ2n) is 7.06. The van der Waals surface area contributed by atoms with E-state index in [1.807, 2.05) is 19.1 Å². The van der Waals surface area contributed by atoms with Gasteiger partial charge < -0.3 is 5.32 Å². The van der Waals surface area contributed by atoms with Gasteiger partial charge in [0.25, 0.3) is 0 Å². The molecule has 6 heteroatoms. The number of aryl methyl sites for hydroxylation is 1. The number of carbonyl (C=O) groups is 1. The fraction of sp³-hybridized carbons (Fsp3) is 0.611. The molecule has 3 rings (SSSR count). The molecule has 2 fully saturated rings. The lowest BCUT2D eigenvalue weighted by Gasteiger charge is -2.32. The van der Waals surface area contributed by atoms with Crippen LogP contribution in [0.1, 0.15) is 44.1 Å². The molecule has 1 amide bonds. The molecule has 5 nitrogen and oxygen atoms in total. The normalized spacial score (nSPS) is 22.3. The molecule has 24 heavy (non-hydrogen) atoms. The SMILES string of the molecule is Cc1ccc(S(=O)(=O)N2CCCC(CCC(=O)NC3CC3)C2)cc1. The van der Waals surface area contributed by atoms with Gasteiger partial charge in [-0.05, 0) is 57.1 Å². The van der Waals surface area contributed by atoms with Crippen molar-refractivity contribution in [3.63, 3.8) is 0 Å². The van der Waals surface area contributed by atoms with Crippen LogP contribution in [-0.2, 0) is 14.8 Å². The predicted octanol–water partition coefficient (Wildman–Crippen LogP) is 2.45. The predicted molar refractivity (Wildman–Crippen MR) is 93.1 cm³/mol. The van der Waals surface area contributed by atoms with Crippen molar-refractivity contribution >= 4 is 15.9 Å². The number of piperidine rings is 1. The van der Waals surface area contributed by atoms with Crippen molar-refractivity contribution in [2.45, 2.75) is 56.4 Å². The van der Waals surface area contributed by atoms with Gasteiger partial charge in [0, 0.05) is 25.6 Å². The highest BCUT2D eigenvalue weighted by molar-refractivity contribution is 7.89. The second-order valence-corrected chi connectivity index (χ2v) is 9.00. The van der Waals surface area contributed by atoms with Gasteiger partial charge in [-0.25, -0.2) is 8.42 Å². The number of benzene rings is 1. The summed E-state index contributed by atoms with van der Waals surface area (Å²) in [6.07, 6.45) is 5.31. The molecule has 1 saturated carbocycles. The van der Waals surface area contributed by atoms with E-state index in [1.54, 1.807) is 16.4 Å². The fourth-order valence-electron chi connectivity index (χ4n) is 3.20. The van der Waals surface area contributed by atoms with E-state index < -0.39 is 10.0 Å². The van der Waals surface area contributed by atoms with E-state index >= 15 is 0 Å². The summed E-state index contributed by atoms with van der Waals surface area (Å²) >= 11 is 0. The third-order valence-corrected chi connectivity index (χ3v) is 6.74. The zero-order valence-corrected chi connectivity index (χ0v) is 15.0. The molecule has 1 aromatic rings. The Bertz CT molecular complexity index is 681. The summed E-state index contributed by atoms with van der Waals surface area (Å²) in [5.41, 5.74) is 1.05. The summed E-state index contributed by atoms with van der Waals surface area (Å²) in [5.74, 6) is 0.375. The first kappa shape index (κ1) is 17.4. The number of rotatable bonds is 6. The van der Waals surface area contributed by atoms with Crippen molar-refractivity contribution < 1.29 is 13.2 Å². The largest absolute Gasteiger partial charge is 0.353 e. The molecule has 0 bridgehead atoms. The van der Waals surface area contributed by atoms with Gasteiger partial charge in [0.05, 0.1) is 4.90 Å². The van der Waals surface area contributed by atoms with E-state index in [2.05, 4.69) is 5.32 Å². The molecule has 1 saturated heterocycles. The number of hydrogen-bond donors (Lipinski definition) is 1. The molecular weight excluding hydrogens is 324 g/mol. The third kappa shape index (κ3) is 4.36. The maximum atomic E-state index is 12.8. The van der Waals surface area contributed by atoms with Crippen LogP contribution in [0, 0.1) is 12.8 Å². The number of nitrogens with one attached hydrogen (secondary N) is 1. The topological polar surface area (TPSA) is 66.5 Å². The Morgan fingerprint density at radius 3 is 2.58 bits per heavy atom. The van der Waals surface area contributed by atoms with Crippen molar-refractivity contribution in [1.29, 1.82) is 0 Å². The van der Waals surface area contributed by atoms with Crippen LogP contribution in [0.2, 0.25) is 0 Å². The highest BCUT2D eigenvalue weighted by atomic mass is 32.2. The molecule has 0 aromatic heterocycles. The van der Waals surface area contributed by atoms with Crippen LogP contribution in [-0.4, -0.2) is 37.8 Å². The summed E-state index contributed by atoms with van der Waals surface area (Å²) in [7, 11) is -3.43. The van der Waals surface area contributed by atoms with Crippen molar-refractivity contribution in [2.24, 2.45) is 5.92 Å². The minimum absolute atomic E-state index is 0.107. The van der Waals surface area contributed by atoms with E-state index in [1.165, 1.54) is 0 Å². The molecule has 1 aromatic carbocycles. The monoisotopic (exact) mass is 350 g/mol. The molecule has 0 radical (unpaired) electrons. The molecule has 1 heterocycles. The number of hydrogen-bond acceptors (Lipinski definition) is 3. The Labute approximate surface area is 144 Å². The minimum atomic E-state index is -3.43. The van der Waals surface area contributed by atoms with Gasteiger partial charge in [-0.2, -0.15) is 4.31 Å². The molecule has 1 unspecified atom stereocenters. The molecule has 2 aliphatic rings. The number of nitrogens with zero attached hydrogens (tertiary/aromatic N) is 1. The lowest BCUT2D eigenvalue weighted by atomic mass is 9.94. The Morgan fingerprint density at radius 2 is 1.92 bits per heavy atom. The molecule has 1 aliphatic heterocycles. The highest BCUT2D eigenvalue weighted by Gasteiger charge is 2.30. The van der Waals surface area contributed by atoms with E-state index in [-0.39, 0.29) is 11.8 Å². The average molecular weight is 350 g/mol. The Morgan fingerprint density at radius 1 is 1.21 bits per heavy atom. The maximum Gasteiger partial charge on any atom is 0.243 e. The second kappa shape index (κ2) is 7.23. The van der Waals surface area contributed by atoms with Crippen molar-refractivity contribution in [1.82, 2.24) is 9.62 Å². The molecule has 132 valence electrons. The van der Waals surface area contributed by atoms with Gasteiger partial charge >= 0.3 is 0 Å². The van der Waals surface area contributed by atoms with Gasteiger partial charge in [-0.3, -0.25) is 4.79 Å². The molecule has 1 N–H and O–H groups in total. The van der Waals surface area contributed by atoms with Crippen molar-refractivity contribution in [3.8, 4) is 0 Å². The van der Waals surface area contributed by atoms with E-state index in [9.17, 15) is 13.2 Å². The van der Waals surface area contributed by atoms with Gasteiger partial charge in [0.1, 0.15) is 0 Å². The summed E-state index contributed by atoms with van der Waals surface area (Å²) in [4.78, 5) is 12.2. The maximum absolute atomic E-state index is 12.8. The van der Waals surface area contributed by atoms with Crippen LogP contribution in [0.15, 0.2) is 29.2 Å². The molecule has 1 atom stereocenters. The van der Waals surface area contributed by atoms with Crippen LogP contribution in [0.5, 0.6) is 0 Å². The summed E-state index contributed by atoms with van der Waals surface area (Å²) < 4.78 is 27.2. The molecule has 1 aliphatic carbocycles. The van der Waals surface area contributed by atoms with Crippen LogP contribution in [0.4, 0.5) is 0 Å². The fourth-order valence-corrected chi connectivity index (χ4v) is 4.76.